The highest BCUT2D eigenvalue weighted by atomic mass is 16.3. The maximum absolute atomic E-state index is 12.3. The minimum absolute atomic E-state index is 0.313. The van der Waals surface area contributed by atoms with Crippen molar-refractivity contribution >= 4 is 57.7 Å². The maximum atomic E-state index is 12.3. The number of aliphatic hydroxyl groups excluding tert-OH is 1. The first-order chi connectivity index (χ1) is 24.6. The largest absolute Gasteiger partial charge is 0.374 e. The van der Waals surface area contributed by atoms with E-state index in [1.165, 1.54) is 12.2 Å². The van der Waals surface area contributed by atoms with E-state index in [0.717, 1.165) is 78.1 Å². The van der Waals surface area contributed by atoms with Crippen LogP contribution in [0.1, 0.15) is 28.3 Å². The molecule has 1 aliphatic carbocycles. The van der Waals surface area contributed by atoms with Crippen LogP contribution in [-0.2, 0) is 4.79 Å². The summed E-state index contributed by atoms with van der Waals surface area (Å²) >= 11 is 0. The Kier molecular flexibility index (Phi) is 7.15. The molecule has 1 radical (unpaired) electrons. The zero-order valence-electron chi connectivity index (χ0n) is 26.8. The highest BCUT2D eigenvalue weighted by Gasteiger charge is 2.22. The lowest BCUT2D eigenvalue weighted by Crippen LogP contribution is -2.10. The van der Waals surface area contributed by atoms with Crippen LogP contribution in [0, 0.1) is 6.10 Å². The van der Waals surface area contributed by atoms with Gasteiger partial charge < -0.3 is 15.1 Å². The third-order valence-electron chi connectivity index (χ3n) is 9.19. The van der Waals surface area contributed by atoms with Crippen LogP contribution in [0.25, 0.3) is 85.3 Å². The van der Waals surface area contributed by atoms with Gasteiger partial charge in [-0.2, -0.15) is 0 Å². The summed E-state index contributed by atoms with van der Waals surface area (Å²) in [6.45, 7) is 0. The summed E-state index contributed by atoms with van der Waals surface area (Å²) in [5.74, 6) is -0.433. The first kappa shape index (κ1) is 29.5. The number of aromatic amines is 2. The molecule has 0 spiro atoms. The minimum Gasteiger partial charge on any atom is -0.374 e. The van der Waals surface area contributed by atoms with E-state index < -0.39 is 5.78 Å². The SMILES string of the molecule is O=C1C=CC(c2c3nc(c(-c4ccccc4)c4ccc([nH]4)c(-c4ccccc4)c4nc(c(-c5ccccc5)c5ccc2[nH]5)C=C4)C=C3)=C[C]1O. The van der Waals surface area contributed by atoms with Crippen LogP contribution >= 0.6 is 0 Å². The fourth-order valence-electron chi connectivity index (χ4n) is 6.91. The molecule has 0 fully saturated rings. The molecule has 2 aliphatic heterocycles. The summed E-state index contributed by atoms with van der Waals surface area (Å²) in [7, 11) is 0. The van der Waals surface area contributed by atoms with Crippen molar-refractivity contribution in [3.05, 3.63) is 168 Å². The van der Waals surface area contributed by atoms with Crippen LogP contribution in [0.3, 0.4) is 0 Å². The molecule has 6 heteroatoms. The maximum Gasteiger partial charge on any atom is 0.195 e. The standard InChI is InChI=1S/C44H29N4O2/c49-39-25-16-30(26-40(39)50)44-37-23-21-35(47-37)42(28-12-6-2-7-13-28)33-19-17-31(45-33)41(27-10-4-1-5-11-27)32-18-20-34(46-32)43(29-14-8-3-9-15-29)36-22-24-38(44)48-36/h1-26,45,48,50H. The topological polar surface area (TPSA) is 94.7 Å². The molecule has 3 aliphatic rings. The first-order valence-corrected chi connectivity index (χ1v) is 16.4. The van der Waals surface area contributed by atoms with Crippen molar-refractivity contribution in [2.45, 2.75) is 0 Å². The van der Waals surface area contributed by atoms with Gasteiger partial charge in [-0.3, -0.25) is 4.79 Å². The lowest BCUT2D eigenvalue weighted by Gasteiger charge is -2.11. The zero-order chi connectivity index (χ0) is 33.6. The van der Waals surface area contributed by atoms with Crippen molar-refractivity contribution < 1.29 is 9.90 Å². The molecule has 6 nitrogen and oxygen atoms in total. The Morgan fingerprint density at radius 2 is 0.780 bits per heavy atom. The van der Waals surface area contributed by atoms with Crippen molar-refractivity contribution in [1.82, 2.24) is 19.9 Å². The summed E-state index contributed by atoms with van der Waals surface area (Å²) in [5.41, 5.74) is 14.1. The van der Waals surface area contributed by atoms with Gasteiger partial charge >= 0.3 is 0 Å². The zero-order valence-corrected chi connectivity index (χ0v) is 26.8. The molecule has 3 N–H and O–H groups in total. The second-order valence-electron chi connectivity index (χ2n) is 12.3. The van der Waals surface area contributed by atoms with Crippen molar-refractivity contribution in [2.75, 3.05) is 0 Å². The summed E-state index contributed by atoms with van der Waals surface area (Å²) in [4.78, 5) is 30.2. The quantitative estimate of drug-likeness (QED) is 0.178. The van der Waals surface area contributed by atoms with Gasteiger partial charge in [-0.1, -0.05) is 97.1 Å². The summed E-state index contributed by atoms with van der Waals surface area (Å²) in [6, 6.07) is 39.1. The Balaban J connectivity index is 1.47. The number of ketones is 1. The van der Waals surface area contributed by atoms with Gasteiger partial charge in [-0.15, -0.1) is 0 Å². The van der Waals surface area contributed by atoms with E-state index in [4.69, 9.17) is 9.97 Å². The number of rotatable bonds is 4. The van der Waals surface area contributed by atoms with Gasteiger partial charge in [0.2, 0.25) is 0 Å². The second-order valence-corrected chi connectivity index (χ2v) is 12.3. The summed E-state index contributed by atoms with van der Waals surface area (Å²) in [6.07, 6.45) is 12.5. The number of carbonyl (C=O) groups is 1. The molecule has 5 heterocycles. The number of aliphatic hydroxyl groups is 1. The molecule has 50 heavy (non-hydrogen) atoms. The van der Waals surface area contributed by atoms with Crippen LogP contribution < -0.4 is 0 Å². The van der Waals surface area contributed by atoms with Gasteiger partial charge in [0.1, 0.15) is 0 Å². The van der Waals surface area contributed by atoms with Gasteiger partial charge in [0, 0.05) is 44.3 Å². The monoisotopic (exact) mass is 645 g/mol. The summed E-state index contributed by atoms with van der Waals surface area (Å²) in [5, 5.41) is 10.5. The van der Waals surface area contributed by atoms with Crippen molar-refractivity contribution in [2.24, 2.45) is 0 Å². The average Bonchev–Trinajstić information content (AvgIpc) is 3.99. The fraction of sp³-hybridized carbons (Fsp3) is 0. The Bertz CT molecular complexity index is 2570. The van der Waals surface area contributed by atoms with E-state index in [1.54, 1.807) is 6.08 Å². The molecule has 9 rings (SSSR count). The molecule has 0 amide bonds. The number of benzene rings is 3. The molecule has 0 unspecified atom stereocenters. The van der Waals surface area contributed by atoms with Crippen LogP contribution in [0.5, 0.6) is 0 Å². The smallest absolute Gasteiger partial charge is 0.195 e. The van der Waals surface area contributed by atoms with Gasteiger partial charge in [-0.05, 0) is 83.0 Å². The number of aromatic nitrogens is 4. The predicted molar refractivity (Wildman–Crippen MR) is 202 cm³/mol. The molecule has 0 saturated heterocycles. The Morgan fingerprint density at radius 3 is 1.16 bits per heavy atom. The number of hydrogen-bond donors (Lipinski definition) is 3. The second kappa shape index (κ2) is 12.1. The van der Waals surface area contributed by atoms with E-state index in [1.807, 2.05) is 72.8 Å². The molecule has 8 bridgehead atoms. The molecule has 3 aromatic carbocycles. The van der Waals surface area contributed by atoms with E-state index in [2.05, 4.69) is 76.7 Å². The average molecular weight is 646 g/mol. The minimum atomic E-state index is -0.433. The third-order valence-corrected chi connectivity index (χ3v) is 9.19. The number of allylic oxidation sites excluding steroid dienone is 2. The molecular weight excluding hydrogens is 617 g/mol. The lowest BCUT2D eigenvalue weighted by molar-refractivity contribution is -0.115. The van der Waals surface area contributed by atoms with Crippen LogP contribution in [0.2, 0.25) is 0 Å². The molecule has 0 saturated carbocycles. The normalized spacial score (nSPS) is 13.9. The third kappa shape index (κ3) is 5.15. The number of fused-ring (bicyclic) bond motifs is 8. The van der Waals surface area contributed by atoms with Gasteiger partial charge in [0.15, 0.2) is 11.9 Å². The predicted octanol–water partition coefficient (Wildman–Crippen LogP) is 10.1. The van der Waals surface area contributed by atoms with Gasteiger partial charge in [0.05, 0.1) is 22.8 Å². The molecule has 0 atom stereocenters. The van der Waals surface area contributed by atoms with Gasteiger partial charge in [0.25, 0.3) is 0 Å². The number of nitrogens with zero attached hydrogens (tertiary/aromatic N) is 2. The number of nitrogens with one attached hydrogen (secondary N) is 2. The fourth-order valence-corrected chi connectivity index (χ4v) is 6.91. The van der Waals surface area contributed by atoms with Gasteiger partial charge in [-0.25, -0.2) is 9.97 Å². The lowest BCUT2D eigenvalue weighted by atomic mass is 9.96. The highest BCUT2D eigenvalue weighted by molar-refractivity contribution is 6.09. The molecule has 3 aromatic heterocycles. The molecular formula is C44H29N4O2. The van der Waals surface area contributed by atoms with E-state index in [0.29, 0.717) is 11.3 Å². The molecule has 237 valence electrons. The van der Waals surface area contributed by atoms with Crippen LogP contribution in [0.4, 0.5) is 0 Å². The number of H-pyrrole nitrogens is 2. The van der Waals surface area contributed by atoms with Crippen LogP contribution in [0.15, 0.2) is 133 Å². The number of carbonyl (C=O) groups excluding carboxylic acids is 1. The highest BCUT2D eigenvalue weighted by Crippen LogP contribution is 2.38. The Labute approximate surface area is 288 Å². The van der Waals surface area contributed by atoms with E-state index >= 15 is 0 Å². The van der Waals surface area contributed by atoms with E-state index in [9.17, 15) is 9.90 Å². The van der Waals surface area contributed by atoms with Crippen LogP contribution in [-0.4, -0.2) is 30.8 Å². The van der Waals surface area contributed by atoms with E-state index in [-0.39, 0.29) is 6.10 Å². The Morgan fingerprint density at radius 1 is 0.420 bits per heavy atom. The van der Waals surface area contributed by atoms with Crippen molar-refractivity contribution in [3.8, 4) is 33.4 Å². The Hall–Kier alpha value is -6.63. The molecule has 6 aromatic rings. The van der Waals surface area contributed by atoms with Crippen molar-refractivity contribution in [1.29, 1.82) is 0 Å². The van der Waals surface area contributed by atoms with Crippen molar-refractivity contribution in [3.63, 3.8) is 0 Å². The number of hydrogen-bond acceptors (Lipinski definition) is 4. The summed E-state index contributed by atoms with van der Waals surface area (Å²) < 4.78 is 0. The first-order valence-electron chi connectivity index (χ1n) is 16.4.